The van der Waals surface area contributed by atoms with Gasteiger partial charge in [-0.05, 0) is 125 Å². The minimum atomic E-state index is -3.90. The monoisotopic (exact) mass is 1390 g/mol. The Kier molecular flexibility index (Phi) is 26.3. The van der Waals surface area contributed by atoms with E-state index in [9.17, 15) is 52.9 Å². The van der Waals surface area contributed by atoms with Gasteiger partial charge >= 0.3 is 25.4 Å². The van der Waals surface area contributed by atoms with Crippen molar-refractivity contribution in [3.8, 4) is 11.5 Å². The number of rotatable bonds is 32. The molecule has 2 aliphatic rings. The van der Waals surface area contributed by atoms with E-state index in [1.165, 1.54) is 53.5 Å². The van der Waals surface area contributed by atoms with Crippen LogP contribution in [0, 0.1) is 31.6 Å². The van der Waals surface area contributed by atoms with Crippen LogP contribution >= 0.6 is 61.6 Å². The number of aryl methyl sites for hydroxylation is 2. The Morgan fingerprint density at radius 2 is 1.29 bits per heavy atom. The molecular weight excluding hydrogens is 1300 g/mol. The third kappa shape index (κ3) is 18.7. The number of thiophene rings is 2. The molecule has 92 heavy (non-hydrogen) atoms. The van der Waals surface area contributed by atoms with Crippen LogP contribution in [0.5, 0.6) is 11.5 Å². The summed E-state index contributed by atoms with van der Waals surface area (Å²) in [4.78, 5) is 146. The number of likely N-dealkylation sites (N-methyl/N-ethyl adjacent to an activating group) is 2. The fraction of sp³-hybridized carbons (Fsp3) is 0.508. The summed E-state index contributed by atoms with van der Waals surface area (Å²) < 4.78 is 18.6. The number of fused-ring (bicyclic) bond motifs is 6. The van der Waals surface area contributed by atoms with Crippen LogP contribution in [-0.2, 0) is 40.1 Å². The van der Waals surface area contributed by atoms with Crippen LogP contribution < -0.4 is 46.5 Å². The number of carbonyl (C=O) groups is 9. The Morgan fingerprint density at radius 3 is 1.82 bits per heavy atom. The van der Waals surface area contributed by atoms with Gasteiger partial charge in [0.05, 0.1) is 26.8 Å². The summed E-state index contributed by atoms with van der Waals surface area (Å²) in [5, 5.41) is 13.8. The van der Waals surface area contributed by atoms with Gasteiger partial charge in [0.25, 0.3) is 0 Å². The van der Waals surface area contributed by atoms with E-state index in [0.717, 1.165) is 33.0 Å². The van der Waals surface area contributed by atoms with Crippen molar-refractivity contribution in [2.24, 2.45) is 29.2 Å². The van der Waals surface area contributed by atoms with Gasteiger partial charge in [-0.3, -0.25) is 24.0 Å². The Hall–Kier alpha value is -6.40. The lowest BCUT2D eigenvalue weighted by molar-refractivity contribution is -0.134. The molecule has 5 atom stereocenters. The molecule has 2 aromatic heterocycles. The van der Waals surface area contributed by atoms with Crippen molar-refractivity contribution in [3.63, 3.8) is 0 Å². The molecule has 0 spiro atoms. The molecular formula is C63H83Cl2N9O14P2S2. The van der Waals surface area contributed by atoms with Gasteiger partial charge in [-0.25, -0.2) is 14.4 Å². The SMILES string of the molecule is CC(=O)C[C@@H](CCCCN)C(=O)N[C@H](C(=O)C[C@@H](CCCNC(N)=O)C(=O)Nc1ccc(COC(=O)N(C)CCN(C)C(=O)Oc2cc3c(c4c(C)csc24)[C@H](CCl)CN3C(=O)CCCC(=O)N2C[C@@H](CCl)c3c2cc(OP(O)(O)=P)c2scc(C)c32)cc1)C(C)C. The highest BCUT2D eigenvalue weighted by Crippen LogP contribution is 2.54. The van der Waals surface area contributed by atoms with E-state index >= 15 is 0 Å². The fourth-order valence-corrected chi connectivity index (χ4v) is 15.0. The first-order valence-electron chi connectivity index (χ1n) is 30.5. The van der Waals surface area contributed by atoms with Crippen molar-refractivity contribution in [1.29, 1.82) is 0 Å². The third-order valence-corrected chi connectivity index (χ3v) is 20.1. The number of ether oxygens (including phenoxy) is 2. The van der Waals surface area contributed by atoms with E-state index in [2.05, 4.69) is 24.5 Å². The number of unbranched alkanes of at least 4 members (excludes halogenated alkanes) is 1. The maximum Gasteiger partial charge on any atom is 0.415 e. The highest BCUT2D eigenvalue weighted by Gasteiger charge is 2.39. The lowest BCUT2D eigenvalue weighted by Crippen LogP contribution is -2.48. The Bertz CT molecular complexity index is 3600. The second-order valence-corrected chi connectivity index (χ2v) is 29.3. The van der Waals surface area contributed by atoms with Crippen LogP contribution in [0.25, 0.3) is 20.2 Å². The lowest BCUT2D eigenvalue weighted by Gasteiger charge is -2.26. The third-order valence-electron chi connectivity index (χ3n) is 16.5. The Labute approximate surface area is 555 Å². The second-order valence-electron chi connectivity index (χ2n) is 23.9. The van der Waals surface area contributed by atoms with E-state index in [0.29, 0.717) is 70.8 Å². The van der Waals surface area contributed by atoms with Crippen molar-refractivity contribution in [2.75, 3.05) is 80.2 Å². The van der Waals surface area contributed by atoms with Crippen LogP contribution in [0.1, 0.15) is 125 Å². The zero-order chi connectivity index (χ0) is 67.3. The fourth-order valence-electron chi connectivity index (χ4n) is 11.7. The van der Waals surface area contributed by atoms with Crippen LogP contribution in [-0.4, -0.2) is 144 Å². The number of hydrogen-bond acceptors (Lipinski definition) is 15. The molecule has 0 bridgehead atoms. The standard InChI is InChI=1S/C63H83Cl2N9O14P2S2/c1-35(2)56(70-60(80)40(24-38(5)75)12-8-9-20-66)47(76)25-41(13-11-21-68-61(67)81)59(79)69-44-18-16-39(17-19-44)32-86-62(82)71(6)22-23-72(7)63(83)87-48-26-45-54(52-36(3)33-91-57(48)52)42(28-64)30-73(45)50(77)14-10-15-51(78)74-31-43(29-65)55-46(74)27-49(88-90(84,85)89)58-53(55)37(4)34-92-58/h16-19,26-27,33-35,40-43,56,84-85,89H,8-15,20-25,28-32,66H2,1-7H3,(H,69,79)(H,70,80)(H3,67,68,81)/t40-,41-,42-,43-,56+/m1/s1. The average molecular weight is 1390 g/mol. The number of amides is 8. The summed E-state index contributed by atoms with van der Waals surface area (Å²) in [6, 6.07) is 8.23. The number of anilines is 3. The summed E-state index contributed by atoms with van der Waals surface area (Å²) in [6.07, 6.45) is 0.972. The molecule has 23 nitrogen and oxygen atoms in total. The summed E-state index contributed by atoms with van der Waals surface area (Å²) in [6.45, 7) is 10.0. The Morgan fingerprint density at radius 1 is 0.761 bits per heavy atom. The van der Waals surface area contributed by atoms with Gasteiger partial charge in [0.15, 0.2) is 11.5 Å². The lowest BCUT2D eigenvalue weighted by atomic mass is 9.88. The number of Topliss-reactive ketones (excluding diaryl/α,β-unsaturated/α-hetero) is 2. The number of nitrogens with one attached hydrogen (secondary N) is 3. The maximum absolute atomic E-state index is 14.3. The number of urea groups is 1. The van der Waals surface area contributed by atoms with Gasteiger partial charge in [-0.1, -0.05) is 32.4 Å². The first-order chi connectivity index (χ1) is 43.6. The zero-order valence-electron chi connectivity index (χ0n) is 52.8. The molecule has 8 amide bonds. The number of nitrogens with zero attached hydrogens (tertiary/aromatic N) is 4. The summed E-state index contributed by atoms with van der Waals surface area (Å²) >= 11 is 15.9. The summed E-state index contributed by atoms with van der Waals surface area (Å²) in [5.74, 6) is -3.18. The van der Waals surface area contributed by atoms with Crippen LogP contribution in [0.3, 0.4) is 0 Å². The topological polar surface area (TPSA) is 323 Å². The molecule has 9 N–H and O–H groups in total. The van der Waals surface area contributed by atoms with Gasteiger partial charge < -0.3 is 75.6 Å². The molecule has 0 radical (unpaired) electrons. The van der Waals surface area contributed by atoms with Crippen LogP contribution in [0.2, 0.25) is 0 Å². The number of primary amides is 1. The minimum absolute atomic E-state index is 0.0194. The molecule has 3 aromatic carbocycles. The molecule has 0 fully saturated rings. The molecule has 0 unspecified atom stereocenters. The molecule has 4 heterocycles. The average Bonchev–Trinajstić information content (AvgIpc) is 1.58. The quantitative estimate of drug-likeness (QED) is 0.0120. The first-order valence-corrected chi connectivity index (χ1v) is 36.3. The number of ketones is 2. The van der Waals surface area contributed by atoms with E-state index in [4.69, 9.17) is 48.7 Å². The van der Waals surface area contributed by atoms with E-state index in [-0.39, 0.29) is 136 Å². The number of halogens is 2. The highest BCUT2D eigenvalue weighted by atomic mass is 35.5. The number of benzene rings is 3. The van der Waals surface area contributed by atoms with Crippen molar-refractivity contribution in [2.45, 2.75) is 123 Å². The van der Waals surface area contributed by atoms with Crippen molar-refractivity contribution in [1.82, 2.24) is 20.4 Å². The molecule has 5 aromatic rings. The van der Waals surface area contributed by atoms with E-state index in [1.54, 1.807) is 60.0 Å². The summed E-state index contributed by atoms with van der Waals surface area (Å²) in [5.41, 5.74) is 16.6. The molecule has 500 valence electrons. The minimum Gasteiger partial charge on any atom is -0.445 e. The van der Waals surface area contributed by atoms with Crippen molar-refractivity contribution >= 4 is 152 Å². The summed E-state index contributed by atoms with van der Waals surface area (Å²) in [7, 11) is 2.05. The maximum atomic E-state index is 14.3. The van der Waals surface area contributed by atoms with Gasteiger partial charge in [0, 0.05) is 137 Å². The van der Waals surface area contributed by atoms with E-state index in [1.807, 2.05) is 24.6 Å². The predicted octanol–water partition coefficient (Wildman–Crippen LogP) is 10.7. The predicted molar refractivity (Wildman–Crippen MR) is 364 cm³/mol. The molecule has 2 aliphatic heterocycles. The Balaban J connectivity index is 0.922. The zero-order valence-corrected chi connectivity index (χ0v) is 57.8. The van der Waals surface area contributed by atoms with Crippen LogP contribution in [0.4, 0.5) is 31.4 Å². The van der Waals surface area contributed by atoms with E-state index < -0.39 is 55.1 Å². The first kappa shape index (κ1) is 73.0. The number of nitrogens with two attached hydrogens (primary N) is 2. The number of hydrogen-bond donors (Lipinski definition) is 7. The van der Waals surface area contributed by atoms with Gasteiger partial charge in [-0.2, -0.15) is 0 Å². The van der Waals surface area contributed by atoms with Gasteiger partial charge in [-0.15, -0.1) is 45.9 Å². The molecule has 29 heteroatoms. The molecule has 7 rings (SSSR count). The van der Waals surface area contributed by atoms with Crippen LogP contribution in [0.15, 0.2) is 47.2 Å². The molecule has 0 saturated heterocycles. The highest BCUT2D eigenvalue weighted by molar-refractivity contribution is 7.88. The van der Waals surface area contributed by atoms with Crippen molar-refractivity contribution < 1.29 is 66.9 Å². The second kappa shape index (κ2) is 33.1. The van der Waals surface area contributed by atoms with Gasteiger partial charge in [0.1, 0.15) is 18.1 Å². The largest absolute Gasteiger partial charge is 0.445 e. The van der Waals surface area contributed by atoms with Crippen molar-refractivity contribution in [3.05, 3.63) is 75.0 Å². The smallest absolute Gasteiger partial charge is 0.415 e. The molecule has 0 saturated carbocycles. The van der Waals surface area contributed by atoms with Gasteiger partial charge in [0.2, 0.25) is 23.6 Å². The number of alkyl halides is 2. The normalized spacial score (nSPS) is 15.4. The molecule has 0 aliphatic carbocycles. The number of carbonyl (C=O) groups excluding carboxylic acids is 9.